The Morgan fingerprint density at radius 1 is 1.44 bits per heavy atom. The van der Waals surface area contributed by atoms with Crippen molar-refractivity contribution in [1.82, 2.24) is 9.97 Å². The van der Waals surface area contributed by atoms with Crippen LogP contribution in [-0.2, 0) is 0 Å². The highest BCUT2D eigenvalue weighted by atomic mass is 35.5. The molecule has 0 aliphatic carbocycles. The van der Waals surface area contributed by atoms with Crippen molar-refractivity contribution < 1.29 is 9.50 Å². The Bertz CT molecular complexity index is 640. The van der Waals surface area contributed by atoms with Gasteiger partial charge < -0.3 is 10.1 Å². The first-order valence-electron chi connectivity index (χ1n) is 4.86. The lowest BCUT2D eigenvalue weighted by atomic mass is 10.1. The third-order valence-corrected chi connectivity index (χ3v) is 3.18. The molecule has 0 spiro atoms. The summed E-state index contributed by atoms with van der Waals surface area (Å²) >= 11 is 7.00. The molecule has 2 rings (SSSR count). The van der Waals surface area contributed by atoms with Gasteiger partial charge in [-0.1, -0.05) is 29.4 Å². The number of thioether (sulfide) groups is 1. The Kier molecular flexibility index (Phi) is 3.58. The van der Waals surface area contributed by atoms with Crippen molar-refractivity contribution in [3.63, 3.8) is 0 Å². The zero-order valence-electron chi connectivity index (χ0n) is 9.20. The zero-order valence-corrected chi connectivity index (χ0v) is 10.8. The molecule has 0 amide bonds. The van der Waals surface area contributed by atoms with Crippen molar-refractivity contribution >= 4 is 23.4 Å². The Hall–Kier alpha value is -1.53. The van der Waals surface area contributed by atoms with Crippen LogP contribution in [0.25, 0.3) is 11.1 Å². The Morgan fingerprint density at radius 2 is 2.17 bits per heavy atom. The number of nitrogens with one attached hydrogen (secondary N) is 1. The Balaban J connectivity index is 2.76. The number of aromatic nitrogens is 2. The van der Waals surface area contributed by atoms with Gasteiger partial charge in [0.25, 0.3) is 5.56 Å². The fourth-order valence-corrected chi connectivity index (χ4v) is 2.13. The largest absolute Gasteiger partial charge is 0.493 e. The average molecular weight is 287 g/mol. The quantitative estimate of drug-likeness (QED) is 0.658. The van der Waals surface area contributed by atoms with Gasteiger partial charge in [0.2, 0.25) is 5.88 Å². The number of halogens is 2. The summed E-state index contributed by atoms with van der Waals surface area (Å²) in [4.78, 5) is 18.0. The van der Waals surface area contributed by atoms with E-state index in [9.17, 15) is 14.3 Å². The van der Waals surface area contributed by atoms with Crippen LogP contribution in [0.4, 0.5) is 4.39 Å². The van der Waals surface area contributed by atoms with Crippen LogP contribution < -0.4 is 5.56 Å². The van der Waals surface area contributed by atoms with E-state index in [4.69, 9.17) is 11.6 Å². The third-order valence-electron chi connectivity index (χ3n) is 2.28. The molecule has 0 saturated carbocycles. The van der Waals surface area contributed by atoms with Gasteiger partial charge in [0.15, 0.2) is 5.16 Å². The summed E-state index contributed by atoms with van der Waals surface area (Å²) in [7, 11) is 0. The monoisotopic (exact) mass is 286 g/mol. The van der Waals surface area contributed by atoms with Gasteiger partial charge in [-0.25, -0.2) is 4.39 Å². The molecule has 0 unspecified atom stereocenters. The molecule has 1 aromatic heterocycles. The summed E-state index contributed by atoms with van der Waals surface area (Å²) in [5, 5.41) is 10.0. The van der Waals surface area contributed by atoms with Gasteiger partial charge in [-0.05, 0) is 18.4 Å². The van der Waals surface area contributed by atoms with Crippen molar-refractivity contribution in [2.75, 3.05) is 6.26 Å². The van der Waals surface area contributed by atoms with Crippen LogP contribution in [0.3, 0.4) is 0 Å². The maximum atomic E-state index is 13.7. The minimum Gasteiger partial charge on any atom is -0.493 e. The van der Waals surface area contributed by atoms with Gasteiger partial charge >= 0.3 is 0 Å². The Labute approximate surface area is 111 Å². The molecular formula is C11H8ClFN2O2S. The number of hydrogen-bond acceptors (Lipinski definition) is 4. The lowest BCUT2D eigenvalue weighted by Crippen LogP contribution is -2.12. The molecule has 94 valence electrons. The minimum atomic E-state index is -0.693. The van der Waals surface area contributed by atoms with Gasteiger partial charge in [-0.15, -0.1) is 0 Å². The van der Waals surface area contributed by atoms with Gasteiger partial charge in [-0.3, -0.25) is 4.79 Å². The molecule has 0 radical (unpaired) electrons. The predicted molar refractivity (Wildman–Crippen MR) is 68.7 cm³/mol. The molecule has 0 bridgehead atoms. The fourth-order valence-electron chi connectivity index (χ4n) is 1.50. The maximum Gasteiger partial charge on any atom is 0.263 e. The van der Waals surface area contributed by atoms with Gasteiger partial charge in [-0.2, -0.15) is 4.98 Å². The number of aromatic hydroxyl groups is 1. The van der Waals surface area contributed by atoms with Crippen LogP contribution in [0.2, 0.25) is 5.02 Å². The van der Waals surface area contributed by atoms with E-state index in [2.05, 4.69) is 9.97 Å². The SMILES string of the molecule is CSc1nc(O)c(-c2c(F)cccc2Cl)c(=O)[nH]1. The topological polar surface area (TPSA) is 66.0 Å². The first-order chi connectivity index (χ1) is 8.54. The molecule has 4 nitrogen and oxygen atoms in total. The second kappa shape index (κ2) is 4.99. The van der Waals surface area contributed by atoms with E-state index in [0.29, 0.717) is 0 Å². The molecule has 18 heavy (non-hydrogen) atoms. The van der Waals surface area contributed by atoms with E-state index in [1.54, 1.807) is 6.26 Å². The molecule has 0 aliphatic rings. The number of rotatable bonds is 2. The van der Waals surface area contributed by atoms with Crippen molar-refractivity contribution in [1.29, 1.82) is 0 Å². The van der Waals surface area contributed by atoms with Crippen LogP contribution in [0.15, 0.2) is 28.2 Å². The smallest absolute Gasteiger partial charge is 0.263 e. The summed E-state index contributed by atoms with van der Waals surface area (Å²) < 4.78 is 13.7. The summed E-state index contributed by atoms with van der Waals surface area (Å²) in [5.41, 5.74) is -1.06. The minimum absolute atomic E-state index is 0.0366. The van der Waals surface area contributed by atoms with E-state index < -0.39 is 17.3 Å². The van der Waals surface area contributed by atoms with Crippen LogP contribution in [0, 0.1) is 5.82 Å². The highest BCUT2D eigenvalue weighted by Crippen LogP contribution is 2.32. The van der Waals surface area contributed by atoms with E-state index in [1.807, 2.05) is 0 Å². The molecule has 2 N–H and O–H groups in total. The first kappa shape index (κ1) is 12.9. The second-order valence-electron chi connectivity index (χ2n) is 3.37. The van der Waals surface area contributed by atoms with Crippen LogP contribution in [-0.4, -0.2) is 21.3 Å². The number of nitrogens with zero attached hydrogens (tertiary/aromatic N) is 1. The number of H-pyrrole nitrogens is 1. The molecule has 0 saturated heterocycles. The average Bonchev–Trinajstić information content (AvgIpc) is 2.31. The maximum absolute atomic E-state index is 13.7. The molecular weight excluding hydrogens is 279 g/mol. The number of aromatic amines is 1. The fraction of sp³-hybridized carbons (Fsp3) is 0.0909. The lowest BCUT2D eigenvalue weighted by molar-refractivity contribution is 0.446. The molecule has 2 aromatic rings. The number of benzene rings is 1. The predicted octanol–water partition coefficient (Wildman–Crippen LogP) is 2.66. The lowest BCUT2D eigenvalue weighted by Gasteiger charge is -2.07. The highest BCUT2D eigenvalue weighted by molar-refractivity contribution is 7.98. The molecule has 1 aromatic carbocycles. The van der Waals surface area contributed by atoms with Crippen molar-refractivity contribution in [3.8, 4) is 17.0 Å². The normalized spacial score (nSPS) is 10.6. The van der Waals surface area contributed by atoms with E-state index >= 15 is 0 Å². The first-order valence-corrected chi connectivity index (χ1v) is 6.46. The van der Waals surface area contributed by atoms with E-state index in [-0.39, 0.29) is 21.3 Å². The Morgan fingerprint density at radius 3 is 2.72 bits per heavy atom. The molecule has 0 aliphatic heterocycles. The highest BCUT2D eigenvalue weighted by Gasteiger charge is 2.19. The van der Waals surface area contributed by atoms with Crippen molar-refractivity contribution in [2.45, 2.75) is 5.16 Å². The third kappa shape index (κ3) is 2.21. The van der Waals surface area contributed by atoms with E-state index in [0.717, 1.165) is 17.8 Å². The van der Waals surface area contributed by atoms with Gasteiger partial charge in [0.05, 0.1) is 5.02 Å². The van der Waals surface area contributed by atoms with Crippen molar-refractivity contribution in [2.24, 2.45) is 0 Å². The van der Waals surface area contributed by atoms with Crippen LogP contribution in [0.5, 0.6) is 5.88 Å². The summed E-state index contributed by atoms with van der Waals surface area (Å²) in [6, 6.07) is 4.00. The van der Waals surface area contributed by atoms with Crippen LogP contribution in [0.1, 0.15) is 0 Å². The van der Waals surface area contributed by atoms with Crippen molar-refractivity contribution in [3.05, 3.63) is 39.4 Å². The number of hydrogen-bond donors (Lipinski definition) is 2. The molecule has 0 fully saturated rings. The van der Waals surface area contributed by atoms with Gasteiger partial charge in [0.1, 0.15) is 11.4 Å². The van der Waals surface area contributed by atoms with Gasteiger partial charge in [0, 0.05) is 5.56 Å². The second-order valence-corrected chi connectivity index (χ2v) is 4.57. The van der Waals surface area contributed by atoms with E-state index in [1.165, 1.54) is 12.1 Å². The molecule has 7 heteroatoms. The zero-order chi connectivity index (χ0) is 13.3. The summed E-state index contributed by atoms with van der Waals surface area (Å²) in [6.07, 6.45) is 1.69. The molecule has 1 heterocycles. The summed E-state index contributed by atoms with van der Waals surface area (Å²) in [6.45, 7) is 0. The molecule has 0 atom stereocenters. The van der Waals surface area contributed by atoms with Crippen LogP contribution >= 0.6 is 23.4 Å². The standard InChI is InChI=1S/C11H8ClFN2O2S/c1-18-11-14-9(16)8(10(17)15-11)7-5(12)3-2-4-6(7)13/h2-4H,1H3,(H2,14,15,16,17). The summed E-state index contributed by atoms with van der Waals surface area (Å²) in [5.74, 6) is -1.24.